The fourth-order valence-electron chi connectivity index (χ4n) is 4.03. The van der Waals surface area contributed by atoms with Crippen molar-refractivity contribution >= 4 is 17.7 Å². The molecule has 0 bridgehead atoms. The van der Waals surface area contributed by atoms with Gasteiger partial charge in [0, 0.05) is 11.7 Å². The number of benzene rings is 2. The Morgan fingerprint density at radius 3 is 2.45 bits per heavy atom. The first kappa shape index (κ1) is 23.3. The van der Waals surface area contributed by atoms with E-state index in [9.17, 15) is 9.18 Å². The van der Waals surface area contributed by atoms with Crippen molar-refractivity contribution in [1.82, 2.24) is 20.1 Å². The van der Waals surface area contributed by atoms with Crippen LogP contribution in [0, 0.1) is 5.82 Å². The van der Waals surface area contributed by atoms with Crippen molar-refractivity contribution in [3.8, 4) is 11.4 Å². The van der Waals surface area contributed by atoms with Crippen molar-refractivity contribution in [2.24, 2.45) is 0 Å². The van der Waals surface area contributed by atoms with Gasteiger partial charge in [-0.05, 0) is 37.1 Å². The minimum Gasteiger partial charge on any atom is -0.483 e. The maximum Gasteiger partial charge on any atom is 0.230 e. The van der Waals surface area contributed by atoms with Crippen LogP contribution in [0.25, 0.3) is 5.69 Å². The number of thioether (sulfide) groups is 1. The van der Waals surface area contributed by atoms with Crippen LogP contribution in [0.1, 0.15) is 50.8 Å². The number of ether oxygens (including phenoxy) is 1. The van der Waals surface area contributed by atoms with E-state index < -0.39 is 5.82 Å². The first-order chi connectivity index (χ1) is 16.2. The third kappa shape index (κ3) is 6.57. The van der Waals surface area contributed by atoms with Gasteiger partial charge in [-0.3, -0.25) is 9.36 Å². The molecule has 4 rings (SSSR count). The Balaban J connectivity index is 1.43. The highest BCUT2D eigenvalue weighted by molar-refractivity contribution is 7.99. The molecule has 1 aliphatic rings. The molecule has 33 heavy (non-hydrogen) atoms. The zero-order chi connectivity index (χ0) is 22.9. The fourth-order valence-corrected chi connectivity index (χ4v) is 4.81. The number of aromatic nitrogens is 3. The third-order valence-electron chi connectivity index (χ3n) is 5.71. The molecular formula is C25H29FN4O2S. The summed E-state index contributed by atoms with van der Waals surface area (Å²) in [4.78, 5) is 12.6. The summed E-state index contributed by atoms with van der Waals surface area (Å²) in [6, 6.07) is 16.2. The molecule has 2 aromatic carbocycles. The number of hydrogen-bond donors (Lipinski definition) is 1. The molecule has 1 aliphatic carbocycles. The molecule has 1 saturated carbocycles. The van der Waals surface area contributed by atoms with Crippen LogP contribution in [0.2, 0.25) is 0 Å². The van der Waals surface area contributed by atoms with Gasteiger partial charge in [-0.2, -0.15) is 0 Å². The lowest BCUT2D eigenvalue weighted by molar-refractivity contribution is -0.119. The lowest BCUT2D eigenvalue weighted by Gasteiger charge is -2.20. The van der Waals surface area contributed by atoms with E-state index in [0.717, 1.165) is 18.5 Å². The van der Waals surface area contributed by atoms with Crippen molar-refractivity contribution in [2.75, 3.05) is 5.75 Å². The molecule has 8 heteroatoms. The number of carbonyl (C=O) groups is 1. The van der Waals surface area contributed by atoms with Gasteiger partial charge in [-0.25, -0.2) is 4.39 Å². The maximum absolute atomic E-state index is 14.0. The Morgan fingerprint density at radius 1 is 1.00 bits per heavy atom. The number of nitrogens with zero attached hydrogens (tertiary/aromatic N) is 3. The summed E-state index contributed by atoms with van der Waals surface area (Å²) in [5.74, 6) is 0.539. The zero-order valence-corrected chi connectivity index (χ0v) is 19.4. The molecule has 0 radical (unpaired) electrons. The topological polar surface area (TPSA) is 69.0 Å². The Kier molecular flexibility index (Phi) is 8.35. The summed E-state index contributed by atoms with van der Waals surface area (Å²) in [6.07, 6.45) is 8.24. The lowest BCUT2D eigenvalue weighted by atomic mass is 9.97. The van der Waals surface area contributed by atoms with E-state index in [2.05, 4.69) is 15.5 Å². The van der Waals surface area contributed by atoms with E-state index in [4.69, 9.17) is 4.74 Å². The van der Waals surface area contributed by atoms with Crippen LogP contribution in [-0.2, 0) is 11.4 Å². The van der Waals surface area contributed by atoms with Gasteiger partial charge in [0.25, 0.3) is 0 Å². The number of halogens is 1. The number of hydrogen-bond acceptors (Lipinski definition) is 5. The molecule has 0 unspecified atom stereocenters. The number of rotatable bonds is 8. The third-order valence-corrected chi connectivity index (χ3v) is 6.64. The highest BCUT2D eigenvalue weighted by Crippen LogP contribution is 2.24. The SMILES string of the molecule is O=C(CSc1nnc(COc2ccccc2F)n1-c1ccccc1)NC1CCCCCCC1. The lowest BCUT2D eigenvalue weighted by Crippen LogP contribution is -2.36. The van der Waals surface area contributed by atoms with Crippen molar-refractivity contribution in [3.05, 3.63) is 66.2 Å². The molecule has 1 amide bonds. The van der Waals surface area contributed by atoms with Crippen LogP contribution in [0.4, 0.5) is 4.39 Å². The molecule has 1 N–H and O–H groups in total. The van der Waals surface area contributed by atoms with Gasteiger partial charge in [0.2, 0.25) is 5.91 Å². The fraction of sp³-hybridized carbons (Fsp3) is 0.400. The molecule has 0 atom stereocenters. The smallest absolute Gasteiger partial charge is 0.230 e. The zero-order valence-electron chi connectivity index (χ0n) is 18.6. The second kappa shape index (κ2) is 11.8. The summed E-state index contributed by atoms with van der Waals surface area (Å²) in [7, 11) is 0. The van der Waals surface area contributed by atoms with Crippen molar-refractivity contribution < 1.29 is 13.9 Å². The average molecular weight is 469 g/mol. The molecular weight excluding hydrogens is 439 g/mol. The van der Waals surface area contributed by atoms with Gasteiger partial charge in [-0.1, -0.05) is 74.2 Å². The first-order valence-corrected chi connectivity index (χ1v) is 12.5. The van der Waals surface area contributed by atoms with Crippen molar-refractivity contribution in [3.63, 3.8) is 0 Å². The summed E-state index contributed by atoms with van der Waals surface area (Å²) < 4.78 is 21.5. The molecule has 3 aromatic rings. The Morgan fingerprint density at radius 2 is 1.70 bits per heavy atom. The minimum absolute atomic E-state index is 0.0114. The van der Waals surface area contributed by atoms with Gasteiger partial charge < -0.3 is 10.1 Å². The second-order valence-corrected chi connectivity index (χ2v) is 9.13. The normalized spacial score (nSPS) is 14.9. The van der Waals surface area contributed by atoms with Crippen molar-refractivity contribution in [2.45, 2.75) is 62.8 Å². The predicted octanol–water partition coefficient (Wildman–Crippen LogP) is 5.31. The highest BCUT2D eigenvalue weighted by atomic mass is 32.2. The van der Waals surface area contributed by atoms with E-state index in [-0.39, 0.29) is 30.1 Å². The molecule has 0 saturated heterocycles. The molecule has 6 nitrogen and oxygen atoms in total. The molecule has 1 aromatic heterocycles. The van der Waals surface area contributed by atoms with E-state index in [0.29, 0.717) is 11.0 Å². The largest absolute Gasteiger partial charge is 0.483 e. The molecule has 0 aliphatic heterocycles. The van der Waals surface area contributed by atoms with Crippen LogP contribution in [0.3, 0.4) is 0 Å². The minimum atomic E-state index is -0.427. The Hall–Kier alpha value is -2.87. The van der Waals surface area contributed by atoms with Crippen molar-refractivity contribution in [1.29, 1.82) is 0 Å². The molecule has 0 spiro atoms. The maximum atomic E-state index is 14.0. The summed E-state index contributed by atoms with van der Waals surface area (Å²) in [5.41, 5.74) is 0.859. The Bertz CT molecular complexity index is 1040. The van der Waals surface area contributed by atoms with Crippen LogP contribution in [0.15, 0.2) is 59.8 Å². The number of amides is 1. The summed E-state index contributed by atoms with van der Waals surface area (Å²) >= 11 is 1.34. The van der Waals surface area contributed by atoms with Crippen LogP contribution in [0.5, 0.6) is 5.75 Å². The van der Waals surface area contributed by atoms with Crippen LogP contribution < -0.4 is 10.1 Å². The van der Waals surface area contributed by atoms with Crippen LogP contribution >= 0.6 is 11.8 Å². The van der Waals surface area contributed by atoms with E-state index >= 15 is 0 Å². The predicted molar refractivity (Wildman–Crippen MR) is 127 cm³/mol. The molecule has 1 fully saturated rings. The number of nitrogens with one attached hydrogen (secondary N) is 1. The molecule has 1 heterocycles. The average Bonchev–Trinajstić information content (AvgIpc) is 3.22. The number of carbonyl (C=O) groups excluding carboxylic acids is 1. The summed E-state index contributed by atoms with van der Waals surface area (Å²) in [5, 5.41) is 12.4. The first-order valence-electron chi connectivity index (χ1n) is 11.5. The standard InChI is InChI=1S/C25H29FN4O2S/c26-21-15-9-10-16-22(21)32-17-23-28-29-25(30(23)20-13-7-4-8-14-20)33-18-24(31)27-19-11-5-2-1-3-6-12-19/h4,7-10,13-16,19H,1-3,5-6,11-12,17-18H2,(H,27,31). The Labute approximate surface area is 197 Å². The highest BCUT2D eigenvalue weighted by Gasteiger charge is 2.19. The van der Waals surface area contributed by atoms with Gasteiger partial charge in [-0.15, -0.1) is 10.2 Å². The number of para-hydroxylation sites is 2. The van der Waals surface area contributed by atoms with Gasteiger partial charge >= 0.3 is 0 Å². The quantitative estimate of drug-likeness (QED) is 0.454. The van der Waals surface area contributed by atoms with E-state index in [1.54, 1.807) is 18.2 Å². The second-order valence-electron chi connectivity index (χ2n) is 8.19. The van der Waals surface area contributed by atoms with E-state index in [1.807, 2.05) is 34.9 Å². The van der Waals surface area contributed by atoms with Gasteiger partial charge in [0.1, 0.15) is 6.61 Å². The van der Waals surface area contributed by atoms with E-state index in [1.165, 1.54) is 49.9 Å². The summed E-state index contributed by atoms with van der Waals surface area (Å²) in [6.45, 7) is 0.0532. The van der Waals surface area contributed by atoms with Gasteiger partial charge in [0.15, 0.2) is 22.5 Å². The van der Waals surface area contributed by atoms with Crippen LogP contribution in [-0.4, -0.2) is 32.5 Å². The molecule has 174 valence electrons. The van der Waals surface area contributed by atoms with Gasteiger partial charge in [0.05, 0.1) is 5.75 Å². The monoisotopic (exact) mass is 468 g/mol.